The van der Waals surface area contributed by atoms with Crippen LogP contribution >= 0.6 is 0 Å². The maximum Gasteiger partial charge on any atom is 0.243 e. The number of benzene rings is 2. The van der Waals surface area contributed by atoms with E-state index in [-0.39, 0.29) is 11.9 Å². The summed E-state index contributed by atoms with van der Waals surface area (Å²) >= 11 is 0. The Balaban J connectivity index is 2.04. The van der Waals surface area contributed by atoms with Gasteiger partial charge in [-0.05, 0) is 51.3 Å². The zero-order valence-corrected chi connectivity index (χ0v) is 17.2. The lowest BCUT2D eigenvalue weighted by molar-refractivity contribution is -0.122. The molecule has 146 valence electrons. The van der Waals surface area contributed by atoms with Crippen LogP contribution in [0.4, 0.5) is 5.69 Å². The van der Waals surface area contributed by atoms with Crippen molar-refractivity contribution < 1.29 is 13.2 Å². The highest BCUT2D eigenvalue weighted by Crippen LogP contribution is 2.21. The van der Waals surface area contributed by atoms with Gasteiger partial charge in [-0.1, -0.05) is 48.0 Å². The number of anilines is 1. The first-order chi connectivity index (χ1) is 12.7. The van der Waals surface area contributed by atoms with Crippen LogP contribution in [-0.2, 0) is 21.2 Å². The maximum atomic E-state index is 12.7. The molecule has 2 aromatic rings. The van der Waals surface area contributed by atoms with E-state index in [9.17, 15) is 13.2 Å². The van der Waals surface area contributed by atoms with Crippen LogP contribution in [0.15, 0.2) is 54.6 Å². The van der Waals surface area contributed by atoms with E-state index in [1.54, 1.807) is 19.1 Å². The van der Waals surface area contributed by atoms with Crippen molar-refractivity contribution in [2.75, 3.05) is 10.6 Å². The number of aryl methyl sites for hydroxylation is 2. The molecule has 1 amide bonds. The molecule has 0 aromatic heterocycles. The summed E-state index contributed by atoms with van der Waals surface area (Å²) in [7, 11) is -3.59. The third kappa shape index (κ3) is 6.10. The van der Waals surface area contributed by atoms with Crippen molar-refractivity contribution in [2.24, 2.45) is 0 Å². The molecule has 0 spiro atoms. The van der Waals surface area contributed by atoms with E-state index >= 15 is 0 Å². The number of nitrogens with one attached hydrogen (secondary N) is 1. The van der Waals surface area contributed by atoms with Crippen molar-refractivity contribution in [3.05, 3.63) is 65.7 Å². The molecule has 6 heteroatoms. The standard InChI is InChI=1S/C21H28N2O3S/c1-16-10-14-20(15-11-16)23(27(4,25)26)18(3)21(24)22-17(2)12-13-19-8-6-5-7-9-19/h5-11,14-15,17-18H,12-13H2,1-4H3,(H,22,24)/t17-,18+/m1/s1. The van der Waals surface area contributed by atoms with Gasteiger partial charge in [0, 0.05) is 6.04 Å². The minimum atomic E-state index is -3.59. The molecule has 2 rings (SSSR count). The first-order valence-corrected chi connectivity index (χ1v) is 10.9. The highest BCUT2D eigenvalue weighted by molar-refractivity contribution is 7.92. The van der Waals surface area contributed by atoms with Crippen LogP contribution in [0.2, 0.25) is 0 Å². The number of rotatable bonds is 8. The number of sulfonamides is 1. The number of carbonyl (C=O) groups excluding carboxylic acids is 1. The molecule has 0 aliphatic carbocycles. The molecule has 0 aliphatic heterocycles. The number of carbonyl (C=O) groups is 1. The molecule has 0 aliphatic rings. The molecule has 0 saturated carbocycles. The van der Waals surface area contributed by atoms with Gasteiger partial charge in [-0.25, -0.2) is 8.42 Å². The summed E-state index contributed by atoms with van der Waals surface area (Å²) in [5, 5.41) is 2.94. The normalized spacial score (nSPS) is 13.6. The van der Waals surface area contributed by atoms with Gasteiger partial charge < -0.3 is 5.32 Å². The Morgan fingerprint density at radius 2 is 1.63 bits per heavy atom. The second-order valence-electron chi connectivity index (χ2n) is 7.00. The van der Waals surface area contributed by atoms with Crippen molar-refractivity contribution >= 4 is 21.6 Å². The average Bonchev–Trinajstić information content (AvgIpc) is 2.61. The fourth-order valence-corrected chi connectivity index (χ4v) is 4.14. The molecule has 2 atom stereocenters. The van der Waals surface area contributed by atoms with Gasteiger partial charge in [-0.15, -0.1) is 0 Å². The number of nitrogens with zero attached hydrogens (tertiary/aromatic N) is 1. The second-order valence-corrected chi connectivity index (χ2v) is 8.86. The highest BCUT2D eigenvalue weighted by Gasteiger charge is 2.29. The monoisotopic (exact) mass is 388 g/mol. The van der Waals surface area contributed by atoms with Gasteiger partial charge in [0.25, 0.3) is 0 Å². The third-order valence-electron chi connectivity index (χ3n) is 4.47. The van der Waals surface area contributed by atoms with Crippen LogP contribution in [-0.4, -0.2) is 32.7 Å². The predicted molar refractivity (Wildman–Crippen MR) is 110 cm³/mol. The van der Waals surface area contributed by atoms with E-state index in [2.05, 4.69) is 17.4 Å². The van der Waals surface area contributed by atoms with Crippen LogP contribution in [0.1, 0.15) is 31.4 Å². The molecule has 0 bridgehead atoms. The summed E-state index contributed by atoms with van der Waals surface area (Å²) in [5.41, 5.74) is 2.73. The van der Waals surface area contributed by atoms with Crippen LogP contribution in [0, 0.1) is 6.92 Å². The summed E-state index contributed by atoms with van der Waals surface area (Å²) in [4.78, 5) is 12.7. The molecule has 0 heterocycles. The summed E-state index contributed by atoms with van der Waals surface area (Å²) < 4.78 is 25.8. The van der Waals surface area contributed by atoms with Gasteiger partial charge >= 0.3 is 0 Å². The summed E-state index contributed by atoms with van der Waals surface area (Å²) in [5.74, 6) is -0.304. The van der Waals surface area contributed by atoms with Gasteiger partial charge in [-0.3, -0.25) is 9.10 Å². The van der Waals surface area contributed by atoms with E-state index < -0.39 is 16.1 Å². The minimum Gasteiger partial charge on any atom is -0.352 e. The predicted octanol–water partition coefficient (Wildman–Crippen LogP) is 3.29. The van der Waals surface area contributed by atoms with Crippen molar-refractivity contribution in [2.45, 2.75) is 45.7 Å². The van der Waals surface area contributed by atoms with E-state index in [1.807, 2.05) is 44.2 Å². The molecule has 0 saturated heterocycles. The van der Waals surface area contributed by atoms with Gasteiger partial charge in [0.05, 0.1) is 11.9 Å². The van der Waals surface area contributed by atoms with Crippen LogP contribution in [0.5, 0.6) is 0 Å². The van der Waals surface area contributed by atoms with Crippen molar-refractivity contribution in [1.82, 2.24) is 5.32 Å². The SMILES string of the molecule is Cc1ccc(N([C@@H](C)C(=O)N[C@H](C)CCc2ccccc2)S(C)(=O)=O)cc1. The summed E-state index contributed by atoms with van der Waals surface area (Å²) in [6.45, 7) is 5.48. The molecule has 27 heavy (non-hydrogen) atoms. The molecular formula is C21H28N2O3S. The fourth-order valence-electron chi connectivity index (χ4n) is 2.96. The van der Waals surface area contributed by atoms with Gasteiger partial charge in [0.15, 0.2) is 0 Å². The smallest absolute Gasteiger partial charge is 0.243 e. The maximum absolute atomic E-state index is 12.7. The quantitative estimate of drug-likeness (QED) is 0.755. The van der Waals surface area contributed by atoms with Gasteiger partial charge in [-0.2, -0.15) is 0 Å². The Bertz CT molecular complexity index is 849. The van der Waals surface area contributed by atoms with E-state index in [0.29, 0.717) is 5.69 Å². The number of amides is 1. The molecule has 2 aromatic carbocycles. The molecule has 5 nitrogen and oxygen atoms in total. The molecule has 1 N–H and O–H groups in total. The Hall–Kier alpha value is -2.34. The Labute approximate surface area is 162 Å². The van der Waals surface area contributed by atoms with E-state index in [4.69, 9.17) is 0 Å². The van der Waals surface area contributed by atoms with Crippen LogP contribution in [0.3, 0.4) is 0 Å². The van der Waals surface area contributed by atoms with Crippen molar-refractivity contribution in [3.8, 4) is 0 Å². The van der Waals surface area contributed by atoms with Crippen molar-refractivity contribution in [1.29, 1.82) is 0 Å². The Morgan fingerprint density at radius 1 is 1.04 bits per heavy atom. The largest absolute Gasteiger partial charge is 0.352 e. The second kappa shape index (κ2) is 9.04. The van der Waals surface area contributed by atoms with Crippen molar-refractivity contribution in [3.63, 3.8) is 0 Å². The van der Waals surface area contributed by atoms with E-state index in [0.717, 1.165) is 24.7 Å². The van der Waals surface area contributed by atoms with Gasteiger partial charge in [0.2, 0.25) is 15.9 Å². The first kappa shape index (κ1) is 21.0. The van der Waals surface area contributed by atoms with Gasteiger partial charge in [0.1, 0.15) is 6.04 Å². The molecule has 0 fully saturated rings. The minimum absolute atomic E-state index is 0.0559. The number of hydrogen-bond acceptors (Lipinski definition) is 3. The summed E-state index contributed by atoms with van der Waals surface area (Å²) in [6.07, 6.45) is 2.76. The topological polar surface area (TPSA) is 66.5 Å². The lowest BCUT2D eigenvalue weighted by Crippen LogP contribution is -2.50. The van der Waals surface area contributed by atoms with Crippen LogP contribution < -0.4 is 9.62 Å². The summed E-state index contributed by atoms with van der Waals surface area (Å²) in [6, 6.07) is 16.3. The third-order valence-corrected chi connectivity index (χ3v) is 5.72. The molecular weight excluding hydrogens is 360 g/mol. The Kier molecular flexibility index (Phi) is 7.02. The zero-order chi connectivity index (χ0) is 20.0. The zero-order valence-electron chi connectivity index (χ0n) is 16.3. The van der Waals surface area contributed by atoms with Crippen LogP contribution in [0.25, 0.3) is 0 Å². The fraction of sp³-hybridized carbons (Fsp3) is 0.381. The average molecular weight is 389 g/mol. The molecule has 0 unspecified atom stereocenters. The first-order valence-electron chi connectivity index (χ1n) is 9.09. The number of hydrogen-bond donors (Lipinski definition) is 1. The Morgan fingerprint density at radius 3 is 2.19 bits per heavy atom. The molecule has 0 radical (unpaired) electrons. The highest BCUT2D eigenvalue weighted by atomic mass is 32.2. The lowest BCUT2D eigenvalue weighted by Gasteiger charge is -2.29. The van der Waals surface area contributed by atoms with E-state index in [1.165, 1.54) is 9.87 Å². The lowest BCUT2D eigenvalue weighted by atomic mass is 10.1.